The average molecular weight is 427 g/mol. The molecule has 0 atom stereocenters. The summed E-state index contributed by atoms with van der Waals surface area (Å²) >= 11 is 0. The van der Waals surface area contributed by atoms with Crippen molar-refractivity contribution in [3.63, 3.8) is 0 Å². The fourth-order valence-electron chi connectivity index (χ4n) is 3.14. The summed E-state index contributed by atoms with van der Waals surface area (Å²) in [4.78, 5) is 6.66. The number of nitrogens with zero attached hydrogens (tertiary/aromatic N) is 2. The van der Waals surface area contributed by atoms with Gasteiger partial charge in [-0.2, -0.15) is 0 Å². The maximum absolute atomic E-state index is 5.94. The first-order chi connectivity index (χ1) is 15.0. The Balaban J connectivity index is 1.91. The number of nitrogens with one attached hydrogen (secondary N) is 2. The van der Waals surface area contributed by atoms with Gasteiger partial charge in [0.25, 0.3) is 0 Å². The highest BCUT2D eigenvalue weighted by atomic mass is 16.5. The zero-order valence-electron chi connectivity index (χ0n) is 19.7. The zero-order chi connectivity index (χ0) is 22.5. The molecule has 0 spiro atoms. The van der Waals surface area contributed by atoms with Crippen LogP contribution in [0, 0.1) is 6.92 Å². The lowest BCUT2D eigenvalue weighted by Gasteiger charge is -2.16. The molecule has 0 radical (unpaired) electrons. The Bertz CT molecular complexity index is 823. The molecule has 170 valence electrons. The van der Waals surface area contributed by atoms with E-state index in [1.54, 1.807) is 7.05 Å². The molecule has 0 unspecified atom stereocenters. The van der Waals surface area contributed by atoms with Crippen molar-refractivity contribution in [3.05, 3.63) is 64.7 Å². The number of aliphatic imine (C=N–C) groups is 1. The van der Waals surface area contributed by atoms with Crippen LogP contribution < -0.4 is 15.4 Å². The fraction of sp³-hybridized carbons (Fsp3) is 0.480. The van der Waals surface area contributed by atoms with Crippen LogP contribution in [0.3, 0.4) is 0 Å². The largest absolute Gasteiger partial charge is 0.491 e. The molecule has 0 heterocycles. The van der Waals surface area contributed by atoms with Crippen molar-refractivity contribution in [2.24, 2.45) is 4.99 Å². The number of ether oxygens (including phenoxy) is 2. The number of benzene rings is 2. The molecular weight excluding hydrogens is 388 g/mol. The van der Waals surface area contributed by atoms with Gasteiger partial charge in [0.2, 0.25) is 0 Å². The lowest BCUT2D eigenvalue weighted by atomic mass is 10.1. The molecule has 31 heavy (non-hydrogen) atoms. The second-order valence-corrected chi connectivity index (χ2v) is 7.59. The molecule has 0 fully saturated rings. The molecule has 2 aromatic carbocycles. The van der Waals surface area contributed by atoms with Gasteiger partial charge in [0.1, 0.15) is 12.4 Å². The molecule has 2 N–H and O–H groups in total. The van der Waals surface area contributed by atoms with Crippen LogP contribution >= 0.6 is 0 Å². The smallest absolute Gasteiger partial charge is 0.191 e. The van der Waals surface area contributed by atoms with Crippen LogP contribution in [-0.2, 0) is 24.4 Å². The molecule has 0 saturated carbocycles. The van der Waals surface area contributed by atoms with Gasteiger partial charge in [-0.15, -0.1) is 0 Å². The van der Waals surface area contributed by atoms with Crippen molar-refractivity contribution in [2.45, 2.75) is 40.4 Å². The summed E-state index contributed by atoms with van der Waals surface area (Å²) in [6.45, 7) is 11.4. The molecule has 0 bridgehead atoms. The molecule has 2 aromatic rings. The van der Waals surface area contributed by atoms with E-state index in [1.807, 2.05) is 6.92 Å². The van der Waals surface area contributed by atoms with E-state index in [0.717, 1.165) is 36.9 Å². The van der Waals surface area contributed by atoms with E-state index in [2.05, 4.69) is 83.9 Å². The summed E-state index contributed by atoms with van der Waals surface area (Å²) in [7, 11) is 3.92. The summed E-state index contributed by atoms with van der Waals surface area (Å²) in [5.41, 5.74) is 4.82. The first kappa shape index (κ1) is 24.7. The molecule has 6 heteroatoms. The van der Waals surface area contributed by atoms with E-state index in [-0.39, 0.29) is 0 Å². The lowest BCUT2D eigenvalue weighted by molar-refractivity contribution is 0.110. The molecule has 0 aliphatic rings. The highest BCUT2D eigenvalue weighted by molar-refractivity contribution is 5.79. The normalized spacial score (nSPS) is 11.6. The summed E-state index contributed by atoms with van der Waals surface area (Å²) < 4.78 is 11.3. The summed E-state index contributed by atoms with van der Waals surface area (Å²) in [6.07, 6.45) is 0. The Labute approximate surface area is 187 Å². The van der Waals surface area contributed by atoms with Gasteiger partial charge in [0, 0.05) is 38.9 Å². The lowest BCUT2D eigenvalue weighted by Crippen LogP contribution is -2.36. The molecule has 0 amide bonds. The van der Waals surface area contributed by atoms with E-state index in [4.69, 9.17) is 9.47 Å². The third-order valence-corrected chi connectivity index (χ3v) is 5.03. The van der Waals surface area contributed by atoms with E-state index >= 15 is 0 Å². The molecule has 6 nitrogen and oxygen atoms in total. The second-order valence-electron chi connectivity index (χ2n) is 7.59. The Morgan fingerprint density at radius 3 is 2.52 bits per heavy atom. The van der Waals surface area contributed by atoms with Crippen molar-refractivity contribution >= 4 is 5.96 Å². The van der Waals surface area contributed by atoms with E-state index in [1.165, 1.54) is 16.7 Å². The van der Waals surface area contributed by atoms with Gasteiger partial charge in [-0.05, 0) is 50.2 Å². The van der Waals surface area contributed by atoms with Crippen LogP contribution in [0.15, 0.2) is 47.5 Å². The Kier molecular flexibility index (Phi) is 10.9. The molecule has 0 aliphatic heterocycles. The molecule has 0 saturated heterocycles. The minimum absolute atomic E-state index is 0.542. The van der Waals surface area contributed by atoms with Gasteiger partial charge in [0.05, 0.1) is 6.61 Å². The minimum Gasteiger partial charge on any atom is -0.491 e. The van der Waals surface area contributed by atoms with Gasteiger partial charge in [-0.3, -0.25) is 4.99 Å². The van der Waals surface area contributed by atoms with Gasteiger partial charge in [0.15, 0.2) is 5.96 Å². The topological polar surface area (TPSA) is 58.1 Å². The van der Waals surface area contributed by atoms with Gasteiger partial charge in [-0.1, -0.05) is 43.3 Å². The summed E-state index contributed by atoms with van der Waals surface area (Å²) in [6, 6.07) is 14.9. The van der Waals surface area contributed by atoms with E-state index in [0.29, 0.717) is 26.4 Å². The van der Waals surface area contributed by atoms with Crippen molar-refractivity contribution in [2.75, 3.05) is 40.5 Å². The maximum Gasteiger partial charge on any atom is 0.191 e. The summed E-state index contributed by atoms with van der Waals surface area (Å²) in [5.74, 6) is 1.65. The third kappa shape index (κ3) is 8.99. The predicted molar refractivity (Wildman–Crippen MR) is 129 cm³/mol. The number of aryl methyl sites for hydroxylation is 1. The first-order valence-corrected chi connectivity index (χ1v) is 11.1. The van der Waals surface area contributed by atoms with Crippen LogP contribution in [0.5, 0.6) is 5.75 Å². The Morgan fingerprint density at radius 1 is 1.00 bits per heavy atom. The Hall–Kier alpha value is -2.57. The van der Waals surface area contributed by atoms with Gasteiger partial charge >= 0.3 is 0 Å². The highest BCUT2D eigenvalue weighted by Crippen LogP contribution is 2.20. The quantitative estimate of drug-likeness (QED) is 0.308. The summed E-state index contributed by atoms with van der Waals surface area (Å²) in [5, 5.41) is 6.80. The van der Waals surface area contributed by atoms with Gasteiger partial charge < -0.3 is 25.0 Å². The maximum atomic E-state index is 5.94. The highest BCUT2D eigenvalue weighted by Gasteiger charge is 2.07. The number of hydrogen-bond acceptors (Lipinski definition) is 4. The minimum atomic E-state index is 0.542. The number of hydrogen-bond donors (Lipinski definition) is 2. The van der Waals surface area contributed by atoms with Crippen LogP contribution in [-0.4, -0.2) is 51.3 Å². The monoisotopic (exact) mass is 426 g/mol. The third-order valence-electron chi connectivity index (χ3n) is 5.03. The molecule has 2 rings (SSSR count). The van der Waals surface area contributed by atoms with Crippen LogP contribution in [0.2, 0.25) is 0 Å². The predicted octanol–water partition coefficient (Wildman–Crippen LogP) is 3.73. The Morgan fingerprint density at radius 2 is 1.77 bits per heavy atom. The van der Waals surface area contributed by atoms with Crippen molar-refractivity contribution in [3.8, 4) is 5.75 Å². The van der Waals surface area contributed by atoms with Crippen molar-refractivity contribution in [1.29, 1.82) is 0 Å². The van der Waals surface area contributed by atoms with Crippen LogP contribution in [0.1, 0.15) is 36.1 Å². The standard InChI is InChI=1S/C25H38N4O2/c1-6-29(5)19-22-10-8-9-21(16-22)17-27-25(26-4)28-18-23-12-11-20(3)15-24(23)31-14-13-30-7-2/h8-12,15-16H,6-7,13-14,17-19H2,1-5H3,(H2,26,27,28). The zero-order valence-corrected chi connectivity index (χ0v) is 19.7. The number of guanidine groups is 1. The van der Waals surface area contributed by atoms with Crippen LogP contribution in [0.25, 0.3) is 0 Å². The van der Waals surface area contributed by atoms with E-state index < -0.39 is 0 Å². The van der Waals surface area contributed by atoms with Gasteiger partial charge in [-0.25, -0.2) is 0 Å². The first-order valence-electron chi connectivity index (χ1n) is 11.1. The van der Waals surface area contributed by atoms with Crippen molar-refractivity contribution in [1.82, 2.24) is 15.5 Å². The van der Waals surface area contributed by atoms with Crippen LogP contribution in [0.4, 0.5) is 0 Å². The SMILES string of the molecule is CCOCCOc1cc(C)ccc1CNC(=NC)NCc1cccc(CN(C)CC)c1. The molecule has 0 aliphatic carbocycles. The number of rotatable bonds is 12. The molecule has 0 aromatic heterocycles. The average Bonchev–Trinajstić information content (AvgIpc) is 2.78. The fourth-order valence-corrected chi connectivity index (χ4v) is 3.14. The molecular formula is C25H38N4O2. The second kappa shape index (κ2) is 13.7. The van der Waals surface area contributed by atoms with E-state index in [9.17, 15) is 0 Å². The van der Waals surface area contributed by atoms with Crippen molar-refractivity contribution < 1.29 is 9.47 Å².